The summed E-state index contributed by atoms with van der Waals surface area (Å²) >= 11 is 0. The Kier molecular flexibility index (Phi) is 5.67. The molecular formula is C16H32N2O. The molecule has 0 aliphatic carbocycles. The molecule has 19 heavy (non-hydrogen) atoms. The zero-order valence-electron chi connectivity index (χ0n) is 13.3. The van der Waals surface area contributed by atoms with Gasteiger partial charge in [0.2, 0.25) is 0 Å². The van der Waals surface area contributed by atoms with E-state index in [2.05, 4.69) is 37.5 Å². The van der Waals surface area contributed by atoms with E-state index in [1.165, 1.54) is 39.0 Å². The van der Waals surface area contributed by atoms with E-state index in [-0.39, 0.29) is 0 Å². The van der Waals surface area contributed by atoms with Crippen LogP contribution >= 0.6 is 0 Å². The van der Waals surface area contributed by atoms with Crippen LogP contribution in [-0.4, -0.2) is 61.3 Å². The molecule has 0 N–H and O–H groups in total. The maximum atomic E-state index is 5.64. The highest BCUT2D eigenvalue weighted by Gasteiger charge is 2.35. The van der Waals surface area contributed by atoms with Crippen LogP contribution in [-0.2, 0) is 4.74 Å². The fourth-order valence-corrected chi connectivity index (χ4v) is 3.19. The van der Waals surface area contributed by atoms with Crippen LogP contribution in [0.2, 0.25) is 0 Å². The van der Waals surface area contributed by atoms with Gasteiger partial charge in [0.15, 0.2) is 0 Å². The predicted molar refractivity (Wildman–Crippen MR) is 80.5 cm³/mol. The molecule has 2 saturated heterocycles. The van der Waals surface area contributed by atoms with E-state index in [1.54, 1.807) is 0 Å². The molecule has 3 nitrogen and oxygen atoms in total. The number of likely N-dealkylation sites (tertiary alicyclic amines) is 2. The summed E-state index contributed by atoms with van der Waals surface area (Å²) in [6, 6.07) is 0.859. The molecule has 0 bridgehead atoms. The first-order chi connectivity index (χ1) is 9.06. The van der Waals surface area contributed by atoms with E-state index in [9.17, 15) is 0 Å². The van der Waals surface area contributed by atoms with E-state index >= 15 is 0 Å². The van der Waals surface area contributed by atoms with Crippen molar-refractivity contribution in [2.24, 2.45) is 11.8 Å². The Balaban J connectivity index is 1.58. The Hall–Kier alpha value is -0.120. The quantitative estimate of drug-likeness (QED) is 0.736. The van der Waals surface area contributed by atoms with E-state index in [1.807, 2.05) is 0 Å². The van der Waals surface area contributed by atoms with Crippen molar-refractivity contribution in [2.75, 3.05) is 39.3 Å². The molecule has 0 amide bonds. The summed E-state index contributed by atoms with van der Waals surface area (Å²) in [4.78, 5) is 5.28. The normalized spacial score (nSPS) is 24.3. The number of hydrogen-bond donors (Lipinski definition) is 0. The summed E-state index contributed by atoms with van der Waals surface area (Å²) in [5.74, 6) is 1.82. The van der Waals surface area contributed by atoms with E-state index < -0.39 is 0 Å². The number of ether oxygens (including phenoxy) is 1. The summed E-state index contributed by atoms with van der Waals surface area (Å²) in [6.07, 6.45) is 3.07. The monoisotopic (exact) mass is 268 g/mol. The lowest BCUT2D eigenvalue weighted by atomic mass is 9.85. The number of piperidine rings is 1. The van der Waals surface area contributed by atoms with Gasteiger partial charge in [0.05, 0.1) is 12.7 Å². The van der Waals surface area contributed by atoms with Gasteiger partial charge < -0.3 is 9.64 Å². The second kappa shape index (κ2) is 7.05. The molecular weight excluding hydrogens is 236 g/mol. The molecule has 2 aliphatic heterocycles. The summed E-state index contributed by atoms with van der Waals surface area (Å²) in [5.41, 5.74) is 0. The fourth-order valence-electron chi connectivity index (χ4n) is 3.19. The number of rotatable bonds is 6. The minimum atomic E-state index is 0.367. The minimum Gasteiger partial charge on any atom is -0.377 e. The van der Waals surface area contributed by atoms with Crippen molar-refractivity contribution in [2.45, 2.75) is 52.7 Å². The molecule has 0 unspecified atom stereocenters. The van der Waals surface area contributed by atoms with Gasteiger partial charge in [-0.3, -0.25) is 4.90 Å². The molecule has 2 fully saturated rings. The predicted octanol–water partition coefficient (Wildman–Crippen LogP) is 2.46. The number of hydrogen-bond acceptors (Lipinski definition) is 3. The lowest BCUT2D eigenvalue weighted by Crippen LogP contribution is -2.56. The molecule has 0 aromatic carbocycles. The first kappa shape index (κ1) is 15.3. The van der Waals surface area contributed by atoms with E-state index in [0.717, 1.165) is 31.0 Å². The van der Waals surface area contributed by atoms with Crippen molar-refractivity contribution in [3.63, 3.8) is 0 Å². The highest BCUT2D eigenvalue weighted by atomic mass is 16.5. The van der Waals surface area contributed by atoms with Crippen LogP contribution in [0.4, 0.5) is 0 Å². The van der Waals surface area contributed by atoms with Crippen LogP contribution in [0.5, 0.6) is 0 Å². The van der Waals surface area contributed by atoms with Gasteiger partial charge in [-0.1, -0.05) is 13.8 Å². The maximum Gasteiger partial charge on any atom is 0.0596 e. The smallest absolute Gasteiger partial charge is 0.0596 e. The third-order valence-corrected chi connectivity index (χ3v) is 4.81. The average molecular weight is 268 g/mol. The van der Waals surface area contributed by atoms with Crippen LogP contribution in [0.3, 0.4) is 0 Å². The summed E-state index contributed by atoms with van der Waals surface area (Å²) in [6.45, 7) is 16.2. The van der Waals surface area contributed by atoms with E-state index in [0.29, 0.717) is 6.10 Å². The van der Waals surface area contributed by atoms with Crippen molar-refractivity contribution < 1.29 is 4.74 Å². The SMILES string of the molecule is CC(C)OCCN1CCC(N2CC(C(C)C)C2)CC1. The molecule has 0 atom stereocenters. The van der Waals surface area contributed by atoms with Crippen molar-refractivity contribution >= 4 is 0 Å². The molecule has 0 aromatic rings. The topological polar surface area (TPSA) is 15.7 Å². The molecule has 112 valence electrons. The Labute approximate surface area is 119 Å². The summed E-state index contributed by atoms with van der Waals surface area (Å²) in [5, 5.41) is 0. The van der Waals surface area contributed by atoms with Gasteiger partial charge in [0.25, 0.3) is 0 Å². The minimum absolute atomic E-state index is 0.367. The first-order valence-electron chi connectivity index (χ1n) is 8.14. The standard InChI is InChI=1S/C16H32N2O/c1-13(2)15-11-18(12-15)16-5-7-17(8-6-16)9-10-19-14(3)4/h13-16H,5-12H2,1-4H3. The van der Waals surface area contributed by atoms with E-state index in [4.69, 9.17) is 4.74 Å². The fraction of sp³-hybridized carbons (Fsp3) is 1.00. The Morgan fingerprint density at radius 2 is 1.68 bits per heavy atom. The van der Waals surface area contributed by atoms with Crippen LogP contribution in [0.15, 0.2) is 0 Å². The van der Waals surface area contributed by atoms with Crippen LogP contribution in [0.25, 0.3) is 0 Å². The van der Waals surface area contributed by atoms with Crippen LogP contribution in [0, 0.1) is 11.8 Å². The summed E-state index contributed by atoms with van der Waals surface area (Å²) < 4.78 is 5.64. The molecule has 2 heterocycles. The Morgan fingerprint density at radius 3 is 2.21 bits per heavy atom. The van der Waals surface area contributed by atoms with Crippen LogP contribution < -0.4 is 0 Å². The highest BCUT2D eigenvalue weighted by Crippen LogP contribution is 2.29. The molecule has 2 aliphatic rings. The Bertz CT molecular complexity index is 253. The van der Waals surface area contributed by atoms with Crippen molar-refractivity contribution in [3.05, 3.63) is 0 Å². The van der Waals surface area contributed by atoms with Crippen molar-refractivity contribution in [1.82, 2.24) is 9.80 Å². The Morgan fingerprint density at radius 1 is 1.05 bits per heavy atom. The average Bonchev–Trinajstić information content (AvgIpc) is 2.28. The lowest BCUT2D eigenvalue weighted by molar-refractivity contribution is -0.00551. The van der Waals surface area contributed by atoms with Crippen LogP contribution in [0.1, 0.15) is 40.5 Å². The lowest BCUT2D eigenvalue weighted by Gasteiger charge is -2.48. The van der Waals surface area contributed by atoms with Gasteiger partial charge in [-0.25, -0.2) is 0 Å². The molecule has 0 spiro atoms. The van der Waals surface area contributed by atoms with Gasteiger partial charge >= 0.3 is 0 Å². The molecule has 2 rings (SSSR count). The number of nitrogens with zero attached hydrogens (tertiary/aromatic N) is 2. The second-order valence-corrected chi connectivity index (χ2v) is 6.95. The van der Waals surface area contributed by atoms with Gasteiger partial charge in [0, 0.05) is 25.7 Å². The van der Waals surface area contributed by atoms with Gasteiger partial charge in [-0.05, 0) is 51.6 Å². The van der Waals surface area contributed by atoms with Gasteiger partial charge in [-0.2, -0.15) is 0 Å². The van der Waals surface area contributed by atoms with Crippen molar-refractivity contribution in [3.8, 4) is 0 Å². The summed E-state index contributed by atoms with van der Waals surface area (Å²) in [7, 11) is 0. The maximum absolute atomic E-state index is 5.64. The zero-order chi connectivity index (χ0) is 13.8. The third kappa shape index (κ3) is 4.44. The molecule has 0 radical (unpaired) electrons. The second-order valence-electron chi connectivity index (χ2n) is 6.95. The molecule has 3 heteroatoms. The molecule has 0 aromatic heterocycles. The third-order valence-electron chi connectivity index (χ3n) is 4.81. The highest BCUT2D eigenvalue weighted by molar-refractivity contribution is 4.89. The largest absolute Gasteiger partial charge is 0.377 e. The van der Waals surface area contributed by atoms with Gasteiger partial charge in [0.1, 0.15) is 0 Å². The molecule has 0 saturated carbocycles. The van der Waals surface area contributed by atoms with Gasteiger partial charge in [-0.15, -0.1) is 0 Å². The van der Waals surface area contributed by atoms with Crippen molar-refractivity contribution in [1.29, 1.82) is 0 Å². The zero-order valence-corrected chi connectivity index (χ0v) is 13.3. The first-order valence-corrected chi connectivity index (χ1v) is 8.14.